The predicted octanol–water partition coefficient (Wildman–Crippen LogP) is 1.73. The number of guanidine groups is 1. The second-order valence-electron chi connectivity index (χ2n) is 5.21. The molecule has 0 fully saturated rings. The van der Waals surface area contributed by atoms with E-state index in [4.69, 9.17) is 9.15 Å². The van der Waals surface area contributed by atoms with E-state index < -0.39 is 0 Å². The van der Waals surface area contributed by atoms with E-state index in [1.165, 1.54) is 0 Å². The Morgan fingerprint density at radius 3 is 2.68 bits per heavy atom. The minimum atomic E-state index is 0.508. The van der Waals surface area contributed by atoms with Crippen LogP contribution in [0.5, 0.6) is 5.75 Å². The van der Waals surface area contributed by atoms with Gasteiger partial charge in [-0.25, -0.2) is 4.68 Å². The maximum atomic E-state index is 5.28. The van der Waals surface area contributed by atoms with E-state index in [0.717, 1.165) is 22.9 Å². The van der Waals surface area contributed by atoms with Crippen LogP contribution in [0, 0.1) is 0 Å². The number of hydrogen-bond acceptors (Lipinski definition) is 5. The molecule has 2 N–H and O–H groups in total. The molecule has 0 amide bonds. The van der Waals surface area contributed by atoms with Crippen molar-refractivity contribution in [1.29, 1.82) is 0 Å². The number of benzene rings is 1. The number of rotatable bonds is 6. The molecule has 0 aliphatic carbocycles. The van der Waals surface area contributed by atoms with Gasteiger partial charge < -0.3 is 19.8 Å². The van der Waals surface area contributed by atoms with E-state index in [1.54, 1.807) is 25.1 Å². The Labute approximate surface area is 145 Å². The maximum absolute atomic E-state index is 5.28. The second-order valence-corrected chi connectivity index (χ2v) is 5.21. The van der Waals surface area contributed by atoms with Gasteiger partial charge in [-0.15, -0.1) is 5.10 Å². The Morgan fingerprint density at radius 1 is 1.20 bits per heavy atom. The van der Waals surface area contributed by atoms with Gasteiger partial charge >= 0.3 is 0 Å². The van der Waals surface area contributed by atoms with Crippen LogP contribution < -0.4 is 15.4 Å². The highest BCUT2D eigenvalue weighted by atomic mass is 16.5. The van der Waals surface area contributed by atoms with E-state index in [0.29, 0.717) is 19.0 Å². The molecule has 0 bridgehead atoms. The maximum Gasteiger partial charge on any atom is 0.191 e. The van der Waals surface area contributed by atoms with Crippen LogP contribution in [0.15, 0.2) is 58.3 Å². The molecule has 130 valence electrons. The largest absolute Gasteiger partial charge is 0.497 e. The lowest BCUT2D eigenvalue weighted by Crippen LogP contribution is -2.36. The molecule has 25 heavy (non-hydrogen) atoms. The molecule has 0 aliphatic rings. The minimum Gasteiger partial charge on any atom is -0.497 e. The normalized spacial score (nSPS) is 11.4. The van der Waals surface area contributed by atoms with Crippen molar-refractivity contribution in [3.8, 4) is 11.4 Å². The summed E-state index contributed by atoms with van der Waals surface area (Å²) in [7, 11) is 3.35. The summed E-state index contributed by atoms with van der Waals surface area (Å²) in [5.74, 6) is 2.31. The van der Waals surface area contributed by atoms with Crippen LogP contribution in [-0.4, -0.2) is 35.1 Å². The Morgan fingerprint density at radius 2 is 2.00 bits per heavy atom. The Bertz CT molecular complexity index is 808. The molecule has 2 heterocycles. The molecule has 8 heteroatoms. The number of methoxy groups -OCH3 is 1. The molecule has 3 rings (SSSR count). The number of aromatic nitrogens is 3. The molecule has 0 aliphatic heterocycles. The van der Waals surface area contributed by atoms with E-state index >= 15 is 0 Å². The van der Waals surface area contributed by atoms with Crippen molar-refractivity contribution in [1.82, 2.24) is 25.6 Å². The fourth-order valence-electron chi connectivity index (χ4n) is 2.22. The minimum absolute atomic E-state index is 0.508. The average molecular weight is 340 g/mol. The van der Waals surface area contributed by atoms with Crippen molar-refractivity contribution in [2.45, 2.75) is 13.1 Å². The van der Waals surface area contributed by atoms with Gasteiger partial charge in [-0.2, -0.15) is 0 Å². The summed E-state index contributed by atoms with van der Waals surface area (Å²) in [5, 5.41) is 14.7. The van der Waals surface area contributed by atoms with Gasteiger partial charge in [0, 0.05) is 7.05 Å². The first-order valence-corrected chi connectivity index (χ1v) is 7.81. The number of furan rings is 1. The van der Waals surface area contributed by atoms with Crippen LogP contribution in [0.2, 0.25) is 0 Å². The number of nitrogens with one attached hydrogen (secondary N) is 2. The van der Waals surface area contributed by atoms with Gasteiger partial charge in [-0.3, -0.25) is 4.99 Å². The zero-order chi connectivity index (χ0) is 17.5. The third-order valence-electron chi connectivity index (χ3n) is 3.55. The third-order valence-corrected chi connectivity index (χ3v) is 3.55. The second kappa shape index (κ2) is 8.00. The van der Waals surface area contributed by atoms with Crippen LogP contribution in [0.4, 0.5) is 0 Å². The molecule has 0 spiro atoms. The SMILES string of the molecule is CN=C(NCc1cn(-c2ccc(OC)cc2)nn1)NCc1ccco1. The van der Waals surface area contributed by atoms with E-state index in [1.807, 2.05) is 42.6 Å². The van der Waals surface area contributed by atoms with Gasteiger partial charge in [0.1, 0.15) is 17.2 Å². The summed E-state index contributed by atoms with van der Waals surface area (Å²) in [5.41, 5.74) is 1.72. The average Bonchev–Trinajstić information content (AvgIpc) is 3.34. The molecule has 0 radical (unpaired) electrons. The Hall–Kier alpha value is -3.29. The fraction of sp³-hybridized carbons (Fsp3) is 0.235. The topological polar surface area (TPSA) is 89.5 Å². The lowest BCUT2D eigenvalue weighted by Gasteiger charge is -2.09. The zero-order valence-corrected chi connectivity index (χ0v) is 14.1. The first kappa shape index (κ1) is 16.6. The summed E-state index contributed by atoms with van der Waals surface area (Å²) >= 11 is 0. The van der Waals surface area contributed by atoms with Gasteiger partial charge in [0.15, 0.2) is 5.96 Å². The third kappa shape index (κ3) is 4.37. The van der Waals surface area contributed by atoms with Crippen molar-refractivity contribution in [3.63, 3.8) is 0 Å². The molecule has 0 atom stereocenters. The quantitative estimate of drug-likeness (QED) is 0.525. The molecular weight excluding hydrogens is 320 g/mol. The molecule has 2 aromatic heterocycles. The molecule has 0 unspecified atom stereocenters. The lowest BCUT2D eigenvalue weighted by molar-refractivity contribution is 0.414. The van der Waals surface area contributed by atoms with Crippen molar-refractivity contribution in [2.24, 2.45) is 4.99 Å². The van der Waals surface area contributed by atoms with E-state index in [2.05, 4.69) is 25.9 Å². The molecule has 0 saturated heterocycles. The van der Waals surface area contributed by atoms with Crippen LogP contribution in [-0.2, 0) is 13.1 Å². The summed E-state index contributed by atoms with van der Waals surface area (Å²) < 4.78 is 12.2. The van der Waals surface area contributed by atoms with Crippen molar-refractivity contribution >= 4 is 5.96 Å². The first-order valence-electron chi connectivity index (χ1n) is 7.81. The predicted molar refractivity (Wildman–Crippen MR) is 93.7 cm³/mol. The van der Waals surface area contributed by atoms with Gasteiger partial charge in [-0.1, -0.05) is 5.21 Å². The van der Waals surface area contributed by atoms with Crippen LogP contribution >= 0.6 is 0 Å². The number of ether oxygens (including phenoxy) is 1. The Kier molecular flexibility index (Phi) is 5.30. The summed E-state index contributed by atoms with van der Waals surface area (Å²) in [6.45, 7) is 1.07. The smallest absolute Gasteiger partial charge is 0.191 e. The van der Waals surface area contributed by atoms with Gasteiger partial charge in [0.2, 0.25) is 0 Å². The standard InChI is InChI=1S/C17H20N6O2/c1-18-17(20-11-16-4-3-9-25-16)19-10-13-12-23(22-21-13)14-5-7-15(24-2)8-6-14/h3-9,12H,10-11H2,1-2H3,(H2,18,19,20). The van der Waals surface area contributed by atoms with Crippen LogP contribution in [0.1, 0.15) is 11.5 Å². The summed E-state index contributed by atoms with van der Waals surface area (Å²) in [6.07, 6.45) is 3.51. The van der Waals surface area contributed by atoms with Gasteiger partial charge in [0.05, 0.1) is 38.3 Å². The number of aliphatic imine (C=N–C) groups is 1. The first-order chi connectivity index (χ1) is 12.3. The highest BCUT2D eigenvalue weighted by Crippen LogP contribution is 2.14. The van der Waals surface area contributed by atoms with E-state index in [-0.39, 0.29) is 0 Å². The molecule has 3 aromatic rings. The molecule has 8 nitrogen and oxygen atoms in total. The molecule has 1 aromatic carbocycles. The summed E-state index contributed by atoms with van der Waals surface area (Å²) in [4.78, 5) is 4.17. The number of hydrogen-bond donors (Lipinski definition) is 2. The zero-order valence-electron chi connectivity index (χ0n) is 14.1. The van der Waals surface area contributed by atoms with Gasteiger partial charge in [-0.05, 0) is 36.4 Å². The monoisotopic (exact) mass is 340 g/mol. The highest BCUT2D eigenvalue weighted by molar-refractivity contribution is 5.79. The van der Waals surface area contributed by atoms with Crippen molar-refractivity contribution in [3.05, 3.63) is 60.3 Å². The van der Waals surface area contributed by atoms with Gasteiger partial charge in [0.25, 0.3) is 0 Å². The van der Waals surface area contributed by atoms with Crippen molar-refractivity contribution in [2.75, 3.05) is 14.2 Å². The fourth-order valence-corrected chi connectivity index (χ4v) is 2.22. The highest BCUT2D eigenvalue weighted by Gasteiger charge is 2.05. The summed E-state index contributed by atoms with van der Waals surface area (Å²) in [6, 6.07) is 11.4. The molecule has 0 saturated carbocycles. The van der Waals surface area contributed by atoms with E-state index in [9.17, 15) is 0 Å². The molecular formula is C17H20N6O2. The lowest BCUT2D eigenvalue weighted by atomic mass is 10.3. The number of nitrogens with zero attached hydrogens (tertiary/aromatic N) is 4. The van der Waals surface area contributed by atoms with Crippen LogP contribution in [0.3, 0.4) is 0 Å². The van der Waals surface area contributed by atoms with Crippen LogP contribution in [0.25, 0.3) is 5.69 Å². The van der Waals surface area contributed by atoms with Crippen molar-refractivity contribution < 1.29 is 9.15 Å². The Balaban J connectivity index is 1.55.